The highest BCUT2D eigenvalue weighted by Crippen LogP contribution is 2.25. The normalized spacial score (nSPS) is 10.3. The summed E-state index contributed by atoms with van der Waals surface area (Å²) in [6.07, 6.45) is 2.71. The molecule has 1 aromatic heterocycles. The molecule has 0 atom stereocenters. The Hall–Kier alpha value is -1.88. The zero-order valence-corrected chi connectivity index (χ0v) is 10.6. The number of nitrogens with zero attached hydrogens (tertiary/aromatic N) is 2. The molecule has 0 saturated heterocycles. The third-order valence-electron chi connectivity index (χ3n) is 2.48. The van der Waals surface area contributed by atoms with E-state index in [1.807, 2.05) is 31.2 Å². The molecule has 0 amide bonds. The van der Waals surface area contributed by atoms with E-state index in [-0.39, 0.29) is 5.56 Å². The molecule has 0 unspecified atom stereocenters. The molecule has 1 aromatic carbocycles. The van der Waals surface area contributed by atoms with Crippen molar-refractivity contribution in [1.82, 2.24) is 9.97 Å². The van der Waals surface area contributed by atoms with Crippen molar-refractivity contribution in [3.05, 3.63) is 53.6 Å². The Labute approximate surface area is 109 Å². The van der Waals surface area contributed by atoms with Gasteiger partial charge in [-0.3, -0.25) is 0 Å². The van der Waals surface area contributed by atoms with E-state index in [0.717, 1.165) is 4.90 Å². The minimum atomic E-state index is -0.990. The van der Waals surface area contributed by atoms with Crippen molar-refractivity contribution in [2.45, 2.75) is 17.6 Å². The Kier molecular flexibility index (Phi) is 3.94. The lowest BCUT2D eigenvalue weighted by Crippen LogP contribution is -2.04. The van der Waals surface area contributed by atoms with Crippen molar-refractivity contribution in [2.24, 2.45) is 0 Å². The maximum Gasteiger partial charge on any atom is 0.339 e. The van der Waals surface area contributed by atoms with Gasteiger partial charge in [-0.05, 0) is 18.6 Å². The Balaban J connectivity index is 2.16. The molecule has 18 heavy (non-hydrogen) atoms. The van der Waals surface area contributed by atoms with Gasteiger partial charge in [-0.15, -0.1) is 11.8 Å². The first-order valence-corrected chi connectivity index (χ1v) is 6.37. The van der Waals surface area contributed by atoms with Crippen LogP contribution in [0, 0.1) is 6.92 Å². The van der Waals surface area contributed by atoms with Gasteiger partial charge in [0.05, 0.1) is 5.69 Å². The molecule has 0 aliphatic heterocycles. The third-order valence-corrected chi connectivity index (χ3v) is 3.67. The SMILES string of the molecule is Cc1ccccc1SCc1ncncc1C(=O)O. The number of hydrogen-bond donors (Lipinski definition) is 1. The molecular formula is C13H12N2O2S. The van der Waals surface area contributed by atoms with Gasteiger partial charge < -0.3 is 5.11 Å². The van der Waals surface area contributed by atoms with Gasteiger partial charge in [-0.25, -0.2) is 14.8 Å². The third kappa shape index (κ3) is 2.87. The number of carboxylic acid groups (broad SMARTS) is 1. The average Bonchev–Trinajstić information content (AvgIpc) is 2.38. The van der Waals surface area contributed by atoms with Gasteiger partial charge in [0, 0.05) is 16.8 Å². The molecule has 1 heterocycles. The van der Waals surface area contributed by atoms with Crippen LogP contribution in [0.5, 0.6) is 0 Å². The lowest BCUT2D eigenvalue weighted by molar-refractivity contribution is 0.0695. The largest absolute Gasteiger partial charge is 0.478 e. The van der Waals surface area contributed by atoms with Crippen molar-refractivity contribution in [3.63, 3.8) is 0 Å². The highest BCUT2D eigenvalue weighted by molar-refractivity contribution is 7.98. The Bertz CT molecular complexity index is 572. The molecule has 0 aliphatic carbocycles. The second-order valence-electron chi connectivity index (χ2n) is 3.74. The predicted molar refractivity (Wildman–Crippen MR) is 69.7 cm³/mol. The number of hydrogen-bond acceptors (Lipinski definition) is 4. The van der Waals surface area contributed by atoms with E-state index < -0.39 is 5.97 Å². The van der Waals surface area contributed by atoms with Gasteiger partial charge in [0.25, 0.3) is 0 Å². The summed E-state index contributed by atoms with van der Waals surface area (Å²) in [4.78, 5) is 19.9. The molecule has 4 nitrogen and oxygen atoms in total. The second kappa shape index (κ2) is 5.64. The molecule has 5 heteroatoms. The van der Waals surface area contributed by atoms with E-state index >= 15 is 0 Å². The highest BCUT2D eigenvalue weighted by Gasteiger charge is 2.11. The van der Waals surface area contributed by atoms with E-state index in [0.29, 0.717) is 11.4 Å². The Morgan fingerprint density at radius 3 is 2.89 bits per heavy atom. The highest BCUT2D eigenvalue weighted by atomic mass is 32.2. The first kappa shape index (κ1) is 12.6. The standard InChI is InChI=1S/C13H12N2O2S/c1-9-4-2-3-5-12(9)18-7-11-10(13(16)17)6-14-8-15-11/h2-6,8H,7H2,1H3,(H,16,17). The van der Waals surface area contributed by atoms with Gasteiger partial charge in [0.2, 0.25) is 0 Å². The monoisotopic (exact) mass is 260 g/mol. The number of aryl methyl sites for hydroxylation is 1. The van der Waals surface area contributed by atoms with Crippen molar-refractivity contribution in [3.8, 4) is 0 Å². The number of benzene rings is 1. The van der Waals surface area contributed by atoms with Crippen LogP contribution in [-0.4, -0.2) is 21.0 Å². The number of thioether (sulfide) groups is 1. The second-order valence-corrected chi connectivity index (χ2v) is 4.76. The van der Waals surface area contributed by atoms with E-state index in [1.54, 1.807) is 11.8 Å². The molecule has 0 fully saturated rings. The maximum absolute atomic E-state index is 11.0. The van der Waals surface area contributed by atoms with Gasteiger partial charge in [-0.1, -0.05) is 18.2 Å². The molecule has 92 valence electrons. The lowest BCUT2D eigenvalue weighted by atomic mass is 10.2. The van der Waals surface area contributed by atoms with Crippen LogP contribution < -0.4 is 0 Å². The Morgan fingerprint density at radius 2 is 2.17 bits per heavy atom. The molecule has 0 radical (unpaired) electrons. The number of carbonyl (C=O) groups is 1. The fraction of sp³-hybridized carbons (Fsp3) is 0.154. The summed E-state index contributed by atoms with van der Waals surface area (Å²) in [6, 6.07) is 7.99. The van der Waals surface area contributed by atoms with Crippen molar-refractivity contribution < 1.29 is 9.90 Å². The lowest BCUT2D eigenvalue weighted by Gasteiger charge is -2.06. The summed E-state index contributed by atoms with van der Waals surface area (Å²) in [5.74, 6) is -0.467. The fourth-order valence-electron chi connectivity index (χ4n) is 1.51. The summed E-state index contributed by atoms with van der Waals surface area (Å²) < 4.78 is 0. The zero-order valence-electron chi connectivity index (χ0n) is 9.83. The van der Waals surface area contributed by atoms with Crippen LogP contribution >= 0.6 is 11.8 Å². The van der Waals surface area contributed by atoms with Crippen molar-refractivity contribution in [1.29, 1.82) is 0 Å². The molecule has 2 aromatic rings. The van der Waals surface area contributed by atoms with Crippen LogP contribution in [0.15, 0.2) is 41.7 Å². The van der Waals surface area contributed by atoms with Crippen LogP contribution in [0.3, 0.4) is 0 Å². The fourth-order valence-corrected chi connectivity index (χ4v) is 2.51. The number of aromatic carboxylic acids is 1. The molecule has 0 bridgehead atoms. The zero-order chi connectivity index (χ0) is 13.0. The van der Waals surface area contributed by atoms with Crippen LogP contribution in [-0.2, 0) is 5.75 Å². The van der Waals surface area contributed by atoms with Crippen LogP contribution in [0.2, 0.25) is 0 Å². The van der Waals surface area contributed by atoms with Crippen LogP contribution in [0.25, 0.3) is 0 Å². The van der Waals surface area contributed by atoms with Crippen LogP contribution in [0.4, 0.5) is 0 Å². The smallest absolute Gasteiger partial charge is 0.339 e. The molecule has 0 saturated carbocycles. The Morgan fingerprint density at radius 1 is 1.39 bits per heavy atom. The van der Waals surface area contributed by atoms with Gasteiger partial charge in [0.15, 0.2) is 0 Å². The quantitative estimate of drug-likeness (QED) is 0.856. The number of aromatic nitrogens is 2. The first-order valence-electron chi connectivity index (χ1n) is 5.39. The molecule has 1 N–H and O–H groups in total. The minimum Gasteiger partial charge on any atom is -0.478 e. The molecule has 0 spiro atoms. The van der Waals surface area contributed by atoms with Gasteiger partial charge in [-0.2, -0.15) is 0 Å². The molecule has 0 aliphatic rings. The summed E-state index contributed by atoms with van der Waals surface area (Å²) in [7, 11) is 0. The summed E-state index contributed by atoms with van der Waals surface area (Å²) >= 11 is 1.58. The van der Waals surface area contributed by atoms with E-state index in [1.165, 1.54) is 18.1 Å². The van der Waals surface area contributed by atoms with Crippen LogP contribution in [0.1, 0.15) is 21.6 Å². The van der Waals surface area contributed by atoms with Gasteiger partial charge in [0.1, 0.15) is 11.9 Å². The number of carboxylic acids is 1. The van der Waals surface area contributed by atoms with E-state index in [4.69, 9.17) is 5.11 Å². The maximum atomic E-state index is 11.0. The van der Waals surface area contributed by atoms with Crippen molar-refractivity contribution >= 4 is 17.7 Å². The minimum absolute atomic E-state index is 0.165. The predicted octanol–water partition coefficient (Wildman–Crippen LogP) is 2.78. The average molecular weight is 260 g/mol. The summed E-state index contributed by atoms with van der Waals surface area (Å²) in [6.45, 7) is 2.03. The van der Waals surface area contributed by atoms with Gasteiger partial charge >= 0.3 is 5.97 Å². The van der Waals surface area contributed by atoms with Crippen molar-refractivity contribution in [2.75, 3.05) is 0 Å². The molecule has 2 rings (SSSR count). The summed E-state index contributed by atoms with van der Waals surface area (Å²) in [5.41, 5.74) is 1.89. The van der Waals surface area contributed by atoms with E-state index in [2.05, 4.69) is 9.97 Å². The topological polar surface area (TPSA) is 63.1 Å². The molecular weight excluding hydrogens is 248 g/mol. The summed E-state index contributed by atoms with van der Waals surface area (Å²) in [5, 5.41) is 9.03. The van der Waals surface area contributed by atoms with E-state index in [9.17, 15) is 4.79 Å². The number of rotatable bonds is 4. The first-order chi connectivity index (χ1) is 8.68.